The first-order chi connectivity index (χ1) is 12.5. The lowest BCUT2D eigenvalue weighted by atomic mass is 10.1. The highest BCUT2D eigenvalue weighted by Crippen LogP contribution is 2.29. The predicted molar refractivity (Wildman–Crippen MR) is 102 cm³/mol. The first kappa shape index (κ1) is 18.9. The highest BCUT2D eigenvalue weighted by molar-refractivity contribution is 7.89. The van der Waals surface area contributed by atoms with Gasteiger partial charge in [0.1, 0.15) is 6.26 Å². The second-order valence-electron chi connectivity index (χ2n) is 5.69. The normalized spacial score (nSPS) is 11.6. The average molecular weight is 411 g/mol. The lowest BCUT2D eigenvalue weighted by Gasteiger charge is -2.08. The smallest absolute Gasteiger partial charge is 0.240 e. The van der Waals surface area contributed by atoms with Crippen molar-refractivity contribution in [2.75, 3.05) is 6.54 Å². The Bertz CT molecular complexity index is 972. The van der Waals surface area contributed by atoms with Crippen molar-refractivity contribution in [1.82, 2.24) is 9.88 Å². The van der Waals surface area contributed by atoms with E-state index in [2.05, 4.69) is 9.88 Å². The van der Waals surface area contributed by atoms with E-state index in [1.165, 1.54) is 0 Å². The Morgan fingerprint density at radius 1 is 1.00 bits per heavy atom. The molecule has 0 saturated carbocycles. The topological polar surface area (TPSA) is 72.2 Å². The standard InChI is InChI=1S/C18H16Cl2N2O3S/c19-17-8-5-15(10-18(17)20)14-3-6-16(7-4-14)26(23,24)22-9-1-2-13-11-21-25-12-13/h3-8,10-12,22H,1-2,9H2. The summed E-state index contributed by atoms with van der Waals surface area (Å²) in [6, 6.07) is 11.9. The van der Waals surface area contributed by atoms with Gasteiger partial charge in [-0.3, -0.25) is 0 Å². The maximum Gasteiger partial charge on any atom is 0.240 e. The van der Waals surface area contributed by atoms with E-state index in [-0.39, 0.29) is 4.90 Å². The van der Waals surface area contributed by atoms with Crippen LogP contribution in [-0.2, 0) is 16.4 Å². The van der Waals surface area contributed by atoms with E-state index in [1.807, 2.05) is 6.07 Å². The fraction of sp³-hybridized carbons (Fsp3) is 0.167. The van der Waals surface area contributed by atoms with Crippen LogP contribution in [0, 0.1) is 0 Å². The Balaban J connectivity index is 1.63. The molecule has 8 heteroatoms. The number of sulfonamides is 1. The molecule has 2 aromatic carbocycles. The van der Waals surface area contributed by atoms with Gasteiger partial charge in [-0.05, 0) is 48.2 Å². The van der Waals surface area contributed by atoms with Crippen LogP contribution in [0.4, 0.5) is 0 Å². The fourth-order valence-corrected chi connectivity index (χ4v) is 3.81. The molecule has 1 heterocycles. The summed E-state index contributed by atoms with van der Waals surface area (Å²) >= 11 is 11.9. The van der Waals surface area contributed by atoms with Crippen LogP contribution in [-0.4, -0.2) is 20.1 Å². The van der Waals surface area contributed by atoms with Gasteiger partial charge in [0, 0.05) is 12.1 Å². The maximum atomic E-state index is 12.4. The number of benzene rings is 2. The van der Waals surface area contributed by atoms with Gasteiger partial charge < -0.3 is 4.52 Å². The van der Waals surface area contributed by atoms with Gasteiger partial charge in [0.25, 0.3) is 0 Å². The van der Waals surface area contributed by atoms with Gasteiger partial charge >= 0.3 is 0 Å². The van der Waals surface area contributed by atoms with Crippen LogP contribution >= 0.6 is 23.2 Å². The number of aryl methyl sites for hydroxylation is 1. The molecule has 0 amide bonds. The third-order valence-corrected chi connectivity index (χ3v) is 6.05. The number of aromatic nitrogens is 1. The molecule has 0 radical (unpaired) electrons. The number of rotatable bonds is 7. The zero-order valence-electron chi connectivity index (χ0n) is 13.7. The van der Waals surface area contributed by atoms with Crippen molar-refractivity contribution in [2.24, 2.45) is 0 Å². The molecule has 3 rings (SSSR count). The highest BCUT2D eigenvalue weighted by atomic mass is 35.5. The largest absolute Gasteiger partial charge is 0.364 e. The van der Waals surface area contributed by atoms with Crippen molar-refractivity contribution in [3.05, 3.63) is 70.5 Å². The molecule has 0 aliphatic carbocycles. The summed E-state index contributed by atoms with van der Waals surface area (Å²) in [5.41, 5.74) is 2.66. The van der Waals surface area contributed by atoms with Crippen LogP contribution in [0.25, 0.3) is 11.1 Å². The molecule has 26 heavy (non-hydrogen) atoms. The monoisotopic (exact) mass is 410 g/mol. The molecule has 0 aliphatic heterocycles. The minimum absolute atomic E-state index is 0.214. The number of halogens is 2. The van der Waals surface area contributed by atoms with Crippen LogP contribution in [0.1, 0.15) is 12.0 Å². The zero-order chi connectivity index (χ0) is 18.6. The molecule has 0 saturated heterocycles. The number of hydrogen-bond acceptors (Lipinski definition) is 4. The first-order valence-corrected chi connectivity index (χ1v) is 10.1. The Kier molecular flexibility index (Phi) is 5.98. The second-order valence-corrected chi connectivity index (χ2v) is 8.27. The van der Waals surface area contributed by atoms with E-state index >= 15 is 0 Å². The predicted octanol–water partition coefficient (Wildman–Crippen LogP) is 4.56. The third-order valence-electron chi connectivity index (χ3n) is 3.84. The SMILES string of the molecule is O=S(=O)(NCCCc1cnoc1)c1ccc(-c2ccc(Cl)c(Cl)c2)cc1. The molecule has 1 N–H and O–H groups in total. The van der Waals surface area contributed by atoms with E-state index in [4.69, 9.17) is 27.7 Å². The summed E-state index contributed by atoms with van der Waals surface area (Å²) in [5, 5.41) is 4.54. The summed E-state index contributed by atoms with van der Waals surface area (Å²) in [5.74, 6) is 0. The summed E-state index contributed by atoms with van der Waals surface area (Å²) in [6.45, 7) is 0.335. The van der Waals surface area contributed by atoms with E-state index < -0.39 is 10.0 Å². The van der Waals surface area contributed by atoms with Crippen LogP contribution in [0.3, 0.4) is 0 Å². The molecule has 0 aliphatic rings. The molecular weight excluding hydrogens is 395 g/mol. The fourth-order valence-electron chi connectivity index (χ4n) is 2.43. The summed E-state index contributed by atoms with van der Waals surface area (Å²) in [7, 11) is -3.55. The van der Waals surface area contributed by atoms with Crippen molar-refractivity contribution in [3.63, 3.8) is 0 Å². The lowest BCUT2D eigenvalue weighted by Crippen LogP contribution is -2.25. The number of nitrogens with one attached hydrogen (secondary N) is 1. The molecule has 1 aromatic heterocycles. The minimum atomic E-state index is -3.55. The van der Waals surface area contributed by atoms with Crippen LogP contribution in [0.2, 0.25) is 10.0 Å². The summed E-state index contributed by atoms with van der Waals surface area (Å²) in [6.07, 6.45) is 4.52. The molecule has 5 nitrogen and oxygen atoms in total. The minimum Gasteiger partial charge on any atom is -0.364 e. The van der Waals surface area contributed by atoms with Crippen molar-refractivity contribution in [1.29, 1.82) is 0 Å². The number of nitrogens with zero attached hydrogens (tertiary/aromatic N) is 1. The van der Waals surface area contributed by atoms with Gasteiger partial charge in [-0.15, -0.1) is 0 Å². The van der Waals surface area contributed by atoms with Gasteiger partial charge in [-0.25, -0.2) is 13.1 Å². The van der Waals surface area contributed by atoms with Crippen molar-refractivity contribution in [3.8, 4) is 11.1 Å². The molecule has 0 unspecified atom stereocenters. The van der Waals surface area contributed by atoms with Crippen LogP contribution in [0.5, 0.6) is 0 Å². The molecule has 0 atom stereocenters. The third kappa shape index (κ3) is 4.65. The molecule has 0 spiro atoms. The Labute approximate surface area is 162 Å². The average Bonchev–Trinajstić information content (AvgIpc) is 3.15. The van der Waals surface area contributed by atoms with E-state index in [0.717, 1.165) is 16.7 Å². The first-order valence-electron chi connectivity index (χ1n) is 7.89. The number of hydrogen-bond donors (Lipinski definition) is 1. The van der Waals surface area contributed by atoms with Crippen molar-refractivity contribution in [2.45, 2.75) is 17.7 Å². The molecular formula is C18H16Cl2N2O3S. The van der Waals surface area contributed by atoms with E-state index in [9.17, 15) is 8.42 Å². The Hall–Kier alpha value is -1.86. The molecule has 136 valence electrons. The van der Waals surface area contributed by atoms with Gasteiger partial charge in [-0.1, -0.05) is 46.6 Å². The highest BCUT2D eigenvalue weighted by Gasteiger charge is 2.13. The quantitative estimate of drug-likeness (QED) is 0.579. The Morgan fingerprint density at radius 3 is 2.38 bits per heavy atom. The maximum absolute atomic E-state index is 12.4. The summed E-state index contributed by atoms with van der Waals surface area (Å²) < 4.78 is 32.1. The molecule has 3 aromatic rings. The second kappa shape index (κ2) is 8.22. The van der Waals surface area contributed by atoms with Crippen LogP contribution in [0.15, 0.2) is 64.3 Å². The van der Waals surface area contributed by atoms with E-state index in [1.54, 1.807) is 48.9 Å². The van der Waals surface area contributed by atoms with E-state index in [0.29, 0.717) is 29.4 Å². The molecule has 0 fully saturated rings. The lowest BCUT2D eigenvalue weighted by molar-refractivity contribution is 0.418. The summed E-state index contributed by atoms with van der Waals surface area (Å²) in [4.78, 5) is 0.214. The molecule has 0 bridgehead atoms. The van der Waals surface area contributed by atoms with Crippen molar-refractivity contribution >= 4 is 33.2 Å². The van der Waals surface area contributed by atoms with Crippen LogP contribution < -0.4 is 4.72 Å². The van der Waals surface area contributed by atoms with Gasteiger partial charge in [0.15, 0.2) is 0 Å². The van der Waals surface area contributed by atoms with Gasteiger partial charge in [0.2, 0.25) is 10.0 Å². The van der Waals surface area contributed by atoms with Crippen molar-refractivity contribution < 1.29 is 12.9 Å². The van der Waals surface area contributed by atoms with Gasteiger partial charge in [-0.2, -0.15) is 0 Å². The van der Waals surface area contributed by atoms with Gasteiger partial charge in [0.05, 0.1) is 21.1 Å². The Morgan fingerprint density at radius 2 is 1.73 bits per heavy atom. The zero-order valence-corrected chi connectivity index (χ0v) is 16.0.